The maximum Gasteiger partial charge on any atom is 0.127 e. The summed E-state index contributed by atoms with van der Waals surface area (Å²) in [4.78, 5) is 4.71. The van der Waals surface area contributed by atoms with Gasteiger partial charge in [0, 0.05) is 16.3 Å². The molecule has 0 spiro atoms. The number of aromatic nitrogens is 2. The molecule has 1 aromatic heterocycles. The lowest BCUT2D eigenvalue weighted by Crippen LogP contribution is -2.10. The van der Waals surface area contributed by atoms with Crippen molar-refractivity contribution in [1.82, 2.24) is 9.55 Å². The second kappa shape index (κ2) is 5.78. The van der Waals surface area contributed by atoms with E-state index in [1.54, 1.807) is 0 Å². The topological polar surface area (TPSA) is 17.8 Å². The second-order valence-electron chi connectivity index (χ2n) is 5.41. The number of rotatable bonds is 3. The molecule has 0 amide bonds. The first-order valence-electron chi connectivity index (χ1n) is 6.94. The molecule has 2 nitrogen and oxygen atoms in total. The van der Waals surface area contributed by atoms with Crippen LogP contribution in [0, 0.1) is 0 Å². The third-order valence-electron chi connectivity index (χ3n) is 4.09. The summed E-state index contributed by atoms with van der Waals surface area (Å²) in [6.07, 6.45) is 5.85. The van der Waals surface area contributed by atoms with E-state index in [0.717, 1.165) is 27.1 Å². The average molecular weight is 329 g/mol. The minimum atomic E-state index is -0.0884. The summed E-state index contributed by atoms with van der Waals surface area (Å²) in [5, 5.41) is 1.41. The number of hydrogen-bond donors (Lipinski definition) is 0. The summed E-state index contributed by atoms with van der Waals surface area (Å²) < 4.78 is 2.33. The van der Waals surface area contributed by atoms with Crippen LogP contribution >= 0.6 is 35.0 Å². The normalized spacial score (nSPS) is 24.4. The maximum absolute atomic E-state index is 6.35. The van der Waals surface area contributed by atoms with Gasteiger partial charge in [-0.25, -0.2) is 4.98 Å². The molecule has 3 atom stereocenters. The predicted molar refractivity (Wildman–Crippen MR) is 89.2 cm³/mol. The van der Waals surface area contributed by atoms with E-state index in [1.165, 1.54) is 19.3 Å². The van der Waals surface area contributed by atoms with Crippen molar-refractivity contribution < 1.29 is 0 Å². The van der Waals surface area contributed by atoms with Crippen molar-refractivity contribution in [3.8, 4) is 0 Å². The standard InChI is InChI=1S/C15H18Cl2N2S/c1-9(16)15-18-13-6-3-10(17)7-14(13)19(15)11-4-5-12(8-11)20-2/h3,6-7,9,11-12H,4-5,8H2,1-2H3. The molecule has 108 valence electrons. The number of imidazole rings is 1. The van der Waals surface area contributed by atoms with E-state index in [4.69, 9.17) is 28.2 Å². The van der Waals surface area contributed by atoms with Gasteiger partial charge in [0.2, 0.25) is 0 Å². The second-order valence-corrected chi connectivity index (χ2v) is 7.64. The van der Waals surface area contributed by atoms with Crippen molar-refractivity contribution in [3.63, 3.8) is 0 Å². The predicted octanol–water partition coefficient (Wildman–Crippen LogP) is 5.45. The van der Waals surface area contributed by atoms with Crippen LogP contribution in [0.15, 0.2) is 18.2 Å². The van der Waals surface area contributed by atoms with E-state index in [2.05, 4.69) is 10.8 Å². The highest BCUT2D eigenvalue weighted by Gasteiger charge is 2.29. The molecule has 20 heavy (non-hydrogen) atoms. The van der Waals surface area contributed by atoms with Crippen LogP contribution in [0.5, 0.6) is 0 Å². The van der Waals surface area contributed by atoms with Crippen LogP contribution in [0.1, 0.15) is 43.4 Å². The molecular weight excluding hydrogens is 311 g/mol. The van der Waals surface area contributed by atoms with Crippen LogP contribution < -0.4 is 0 Å². The third-order valence-corrected chi connectivity index (χ3v) is 5.62. The molecule has 1 aliphatic carbocycles. The minimum absolute atomic E-state index is 0.0884. The summed E-state index contributed by atoms with van der Waals surface area (Å²) in [7, 11) is 0. The number of alkyl halides is 1. The summed E-state index contributed by atoms with van der Waals surface area (Å²) in [5.74, 6) is 0.968. The van der Waals surface area contributed by atoms with Gasteiger partial charge in [-0.3, -0.25) is 0 Å². The molecule has 1 aliphatic rings. The van der Waals surface area contributed by atoms with Crippen LogP contribution in [0.25, 0.3) is 11.0 Å². The number of thioether (sulfide) groups is 1. The van der Waals surface area contributed by atoms with Crippen LogP contribution in [0.3, 0.4) is 0 Å². The van der Waals surface area contributed by atoms with Gasteiger partial charge in [0.1, 0.15) is 5.82 Å². The van der Waals surface area contributed by atoms with E-state index in [0.29, 0.717) is 6.04 Å². The molecule has 0 N–H and O–H groups in total. The van der Waals surface area contributed by atoms with Gasteiger partial charge in [0.05, 0.1) is 16.4 Å². The molecule has 0 aliphatic heterocycles. The summed E-state index contributed by atoms with van der Waals surface area (Å²) in [6, 6.07) is 6.38. The lowest BCUT2D eigenvalue weighted by Gasteiger charge is -2.18. The van der Waals surface area contributed by atoms with Gasteiger partial charge >= 0.3 is 0 Å². The van der Waals surface area contributed by atoms with E-state index in [-0.39, 0.29) is 5.38 Å². The summed E-state index contributed by atoms with van der Waals surface area (Å²) in [6.45, 7) is 1.99. The van der Waals surface area contributed by atoms with Gasteiger partial charge in [-0.2, -0.15) is 11.8 Å². The Labute approximate surface area is 133 Å². The fraction of sp³-hybridized carbons (Fsp3) is 0.533. The highest BCUT2D eigenvalue weighted by molar-refractivity contribution is 7.99. The average Bonchev–Trinajstić information content (AvgIpc) is 3.01. The molecule has 1 saturated carbocycles. The Hall–Kier alpha value is -0.380. The Kier molecular flexibility index (Phi) is 4.21. The van der Waals surface area contributed by atoms with Crippen LogP contribution in [-0.2, 0) is 0 Å². The van der Waals surface area contributed by atoms with E-state index < -0.39 is 0 Å². The zero-order valence-electron chi connectivity index (χ0n) is 11.6. The van der Waals surface area contributed by atoms with Crippen molar-refractivity contribution in [1.29, 1.82) is 0 Å². The first-order valence-corrected chi connectivity index (χ1v) is 9.04. The molecule has 1 aromatic carbocycles. The number of nitrogens with zero attached hydrogens (tertiary/aromatic N) is 2. The molecule has 0 radical (unpaired) electrons. The van der Waals surface area contributed by atoms with Crippen molar-refractivity contribution in [3.05, 3.63) is 29.0 Å². The Morgan fingerprint density at radius 3 is 2.85 bits per heavy atom. The number of fused-ring (bicyclic) bond motifs is 1. The molecule has 1 heterocycles. The van der Waals surface area contributed by atoms with Crippen molar-refractivity contribution in [2.24, 2.45) is 0 Å². The highest BCUT2D eigenvalue weighted by atomic mass is 35.5. The van der Waals surface area contributed by atoms with Gasteiger partial charge in [-0.05, 0) is 50.6 Å². The molecular formula is C15H18Cl2N2S. The zero-order chi connectivity index (χ0) is 14.3. The lowest BCUT2D eigenvalue weighted by atomic mass is 10.2. The van der Waals surface area contributed by atoms with Gasteiger partial charge < -0.3 is 4.57 Å². The monoisotopic (exact) mass is 328 g/mol. The third kappa shape index (κ3) is 2.56. The largest absolute Gasteiger partial charge is 0.324 e. The molecule has 3 unspecified atom stereocenters. The zero-order valence-corrected chi connectivity index (χ0v) is 14.0. The first kappa shape index (κ1) is 14.6. The van der Waals surface area contributed by atoms with Gasteiger partial charge in [-0.15, -0.1) is 11.6 Å². The van der Waals surface area contributed by atoms with E-state index in [1.807, 2.05) is 36.9 Å². The van der Waals surface area contributed by atoms with Gasteiger partial charge in [0.25, 0.3) is 0 Å². The van der Waals surface area contributed by atoms with E-state index in [9.17, 15) is 0 Å². The first-order chi connectivity index (χ1) is 9.60. The summed E-state index contributed by atoms with van der Waals surface area (Å²) in [5.41, 5.74) is 2.11. The molecule has 3 rings (SSSR count). The molecule has 2 aromatic rings. The number of benzene rings is 1. The summed E-state index contributed by atoms with van der Waals surface area (Å²) >= 11 is 14.5. The lowest BCUT2D eigenvalue weighted by molar-refractivity contribution is 0.511. The molecule has 0 saturated heterocycles. The maximum atomic E-state index is 6.35. The van der Waals surface area contributed by atoms with Crippen molar-refractivity contribution >= 4 is 46.0 Å². The Morgan fingerprint density at radius 1 is 1.40 bits per heavy atom. The fourth-order valence-electron chi connectivity index (χ4n) is 3.12. The van der Waals surface area contributed by atoms with Crippen LogP contribution in [0.2, 0.25) is 5.02 Å². The van der Waals surface area contributed by atoms with Crippen LogP contribution in [-0.4, -0.2) is 21.1 Å². The van der Waals surface area contributed by atoms with Gasteiger partial charge in [0.15, 0.2) is 0 Å². The molecule has 1 fully saturated rings. The fourth-order valence-corrected chi connectivity index (χ4v) is 4.22. The van der Waals surface area contributed by atoms with Gasteiger partial charge in [-0.1, -0.05) is 11.6 Å². The number of hydrogen-bond acceptors (Lipinski definition) is 2. The van der Waals surface area contributed by atoms with Crippen LogP contribution in [0.4, 0.5) is 0 Å². The highest BCUT2D eigenvalue weighted by Crippen LogP contribution is 2.40. The van der Waals surface area contributed by atoms with Crippen molar-refractivity contribution in [2.75, 3.05) is 6.26 Å². The smallest absolute Gasteiger partial charge is 0.127 e. The SMILES string of the molecule is CSC1CCC(n2c(C(C)Cl)nc3ccc(Cl)cc32)C1. The quantitative estimate of drug-likeness (QED) is 0.697. The molecule has 0 bridgehead atoms. The molecule has 5 heteroatoms. The number of halogens is 2. The van der Waals surface area contributed by atoms with E-state index >= 15 is 0 Å². The Morgan fingerprint density at radius 2 is 2.20 bits per heavy atom. The Bertz CT molecular complexity index is 624. The van der Waals surface area contributed by atoms with Crippen molar-refractivity contribution in [2.45, 2.75) is 42.9 Å². The minimum Gasteiger partial charge on any atom is -0.324 e. The Balaban J connectivity index is 2.11.